The fraction of sp³-hybridized carbons (Fsp3) is 0.105. The Morgan fingerprint density at radius 1 is 1.32 bits per heavy atom. The van der Waals surface area contributed by atoms with E-state index in [1.54, 1.807) is 18.5 Å². The molecule has 3 rings (SSSR count). The highest BCUT2D eigenvalue weighted by molar-refractivity contribution is 7.07. The molecule has 0 saturated heterocycles. The monoisotopic (exact) mass is 368 g/mol. The molecule has 126 valence electrons. The molecule has 0 aliphatic heterocycles. The predicted molar refractivity (Wildman–Crippen MR) is 105 cm³/mol. The van der Waals surface area contributed by atoms with E-state index in [1.807, 2.05) is 53.4 Å². The molecule has 1 aromatic carbocycles. The zero-order valence-electron chi connectivity index (χ0n) is 13.8. The summed E-state index contributed by atoms with van der Waals surface area (Å²) in [6.45, 7) is 6.24. The first-order valence-corrected chi connectivity index (χ1v) is 8.98. The fourth-order valence-corrected chi connectivity index (χ4v) is 3.33. The number of pyridine rings is 1. The van der Waals surface area contributed by atoms with Gasteiger partial charge in [-0.25, -0.2) is 4.68 Å². The Hall–Kier alpha value is -2.50. The first kappa shape index (κ1) is 17.3. The molecular weight excluding hydrogens is 352 g/mol. The van der Waals surface area contributed by atoms with E-state index >= 15 is 0 Å². The van der Waals surface area contributed by atoms with Crippen molar-refractivity contribution >= 4 is 28.6 Å². The molecule has 0 N–H and O–H groups in total. The molecule has 0 amide bonds. The minimum Gasteiger partial charge on any atom is -0.265 e. The van der Waals surface area contributed by atoms with Gasteiger partial charge in [-0.3, -0.25) is 9.98 Å². The van der Waals surface area contributed by atoms with Crippen LogP contribution in [0.5, 0.6) is 0 Å². The molecule has 0 unspecified atom stereocenters. The SMILES string of the molecule is C=CCN=c1scc(-c2cccc(Cl)c2)n1/N=C(/C)c1ccncc1. The van der Waals surface area contributed by atoms with Crippen LogP contribution in [0.2, 0.25) is 5.02 Å². The van der Waals surface area contributed by atoms with E-state index in [4.69, 9.17) is 16.7 Å². The maximum atomic E-state index is 6.15. The molecule has 0 radical (unpaired) electrons. The van der Waals surface area contributed by atoms with Crippen LogP contribution in [0.1, 0.15) is 12.5 Å². The molecule has 0 aliphatic rings. The average molecular weight is 369 g/mol. The molecule has 25 heavy (non-hydrogen) atoms. The second-order valence-electron chi connectivity index (χ2n) is 5.28. The lowest BCUT2D eigenvalue weighted by Gasteiger charge is -2.06. The lowest BCUT2D eigenvalue weighted by molar-refractivity contribution is 0.834. The van der Waals surface area contributed by atoms with Crippen LogP contribution in [0, 0.1) is 0 Å². The summed E-state index contributed by atoms with van der Waals surface area (Å²) >= 11 is 7.69. The van der Waals surface area contributed by atoms with Gasteiger partial charge in [-0.2, -0.15) is 5.10 Å². The summed E-state index contributed by atoms with van der Waals surface area (Å²) < 4.78 is 1.86. The normalized spacial score (nSPS) is 12.4. The number of halogens is 1. The number of thiazole rings is 1. The second kappa shape index (κ2) is 8.05. The van der Waals surface area contributed by atoms with Crippen molar-refractivity contribution in [3.63, 3.8) is 0 Å². The zero-order chi connectivity index (χ0) is 17.6. The highest BCUT2D eigenvalue weighted by Gasteiger charge is 2.09. The summed E-state index contributed by atoms with van der Waals surface area (Å²) in [5.74, 6) is 0. The Morgan fingerprint density at radius 3 is 2.84 bits per heavy atom. The number of nitrogens with zero attached hydrogens (tertiary/aromatic N) is 4. The minimum atomic E-state index is 0.541. The van der Waals surface area contributed by atoms with E-state index in [1.165, 1.54) is 11.3 Å². The average Bonchev–Trinajstić information content (AvgIpc) is 3.03. The van der Waals surface area contributed by atoms with Crippen LogP contribution < -0.4 is 4.80 Å². The lowest BCUT2D eigenvalue weighted by Crippen LogP contribution is -2.14. The summed E-state index contributed by atoms with van der Waals surface area (Å²) in [6.07, 6.45) is 5.28. The number of aromatic nitrogens is 2. The van der Waals surface area contributed by atoms with Gasteiger partial charge in [0, 0.05) is 33.9 Å². The first-order valence-electron chi connectivity index (χ1n) is 7.73. The molecule has 4 nitrogen and oxygen atoms in total. The molecule has 0 aliphatic carbocycles. The van der Waals surface area contributed by atoms with Gasteiger partial charge in [-0.15, -0.1) is 17.9 Å². The van der Waals surface area contributed by atoms with Gasteiger partial charge in [-0.1, -0.05) is 29.8 Å². The first-order chi connectivity index (χ1) is 12.2. The Kier molecular flexibility index (Phi) is 5.58. The molecular formula is C19H17ClN4S. The van der Waals surface area contributed by atoms with Crippen LogP contribution in [0.15, 0.2) is 76.9 Å². The van der Waals surface area contributed by atoms with Gasteiger partial charge in [0.15, 0.2) is 0 Å². The largest absolute Gasteiger partial charge is 0.265 e. The van der Waals surface area contributed by atoms with Crippen molar-refractivity contribution in [1.82, 2.24) is 9.66 Å². The van der Waals surface area contributed by atoms with Crippen molar-refractivity contribution < 1.29 is 0 Å². The molecule has 2 aromatic heterocycles. The second-order valence-corrected chi connectivity index (χ2v) is 6.55. The van der Waals surface area contributed by atoms with Crippen LogP contribution in [-0.4, -0.2) is 21.9 Å². The van der Waals surface area contributed by atoms with Crippen LogP contribution in [0.25, 0.3) is 11.3 Å². The van der Waals surface area contributed by atoms with Gasteiger partial charge in [0.2, 0.25) is 4.80 Å². The van der Waals surface area contributed by atoms with E-state index in [0.717, 1.165) is 27.3 Å². The van der Waals surface area contributed by atoms with E-state index in [0.29, 0.717) is 11.6 Å². The third-order valence-electron chi connectivity index (χ3n) is 3.51. The highest BCUT2D eigenvalue weighted by Crippen LogP contribution is 2.23. The van der Waals surface area contributed by atoms with Crippen LogP contribution in [-0.2, 0) is 0 Å². The number of hydrogen-bond acceptors (Lipinski definition) is 4. The molecule has 2 heterocycles. The third kappa shape index (κ3) is 4.13. The summed E-state index contributed by atoms with van der Waals surface area (Å²) in [6, 6.07) is 11.6. The quantitative estimate of drug-likeness (QED) is 0.478. The maximum Gasteiger partial charge on any atom is 0.206 e. The van der Waals surface area contributed by atoms with Gasteiger partial charge < -0.3 is 0 Å². The van der Waals surface area contributed by atoms with Crippen LogP contribution in [0.3, 0.4) is 0 Å². The van der Waals surface area contributed by atoms with Crippen molar-refractivity contribution in [1.29, 1.82) is 0 Å². The van der Waals surface area contributed by atoms with Gasteiger partial charge in [0.05, 0.1) is 18.0 Å². The lowest BCUT2D eigenvalue weighted by atomic mass is 10.2. The number of hydrogen-bond donors (Lipinski definition) is 0. The van der Waals surface area contributed by atoms with Crippen LogP contribution >= 0.6 is 22.9 Å². The van der Waals surface area contributed by atoms with E-state index in [-0.39, 0.29) is 0 Å². The van der Waals surface area contributed by atoms with E-state index < -0.39 is 0 Å². The molecule has 3 aromatic rings. The summed E-state index contributed by atoms with van der Waals surface area (Å²) in [5.41, 5.74) is 3.84. The molecule has 0 bridgehead atoms. The van der Waals surface area contributed by atoms with Crippen molar-refractivity contribution in [2.45, 2.75) is 6.92 Å². The van der Waals surface area contributed by atoms with E-state index in [2.05, 4.69) is 16.6 Å². The summed E-state index contributed by atoms with van der Waals surface area (Å²) in [4.78, 5) is 9.41. The Morgan fingerprint density at radius 2 is 2.12 bits per heavy atom. The molecule has 0 atom stereocenters. The summed E-state index contributed by atoms with van der Waals surface area (Å²) in [5, 5.41) is 7.52. The third-order valence-corrected chi connectivity index (χ3v) is 4.60. The van der Waals surface area contributed by atoms with Gasteiger partial charge in [0.1, 0.15) is 0 Å². The van der Waals surface area contributed by atoms with Gasteiger partial charge in [-0.05, 0) is 31.2 Å². The number of rotatable bonds is 5. The van der Waals surface area contributed by atoms with Gasteiger partial charge >= 0.3 is 0 Å². The van der Waals surface area contributed by atoms with E-state index in [9.17, 15) is 0 Å². The molecule has 0 spiro atoms. The fourth-order valence-electron chi connectivity index (χ4n) is 2.29. The smallest absolute Gasteiger partial charge is 0.206 e. The van der Waals surface area contributed by atoms with Crippen LogP contribution in [0.4, 0.5) is 0 Å². The maximum absolute atomic E-state index is 6.15. The van der Waals surface area contributed by atoms with Crippen molar-refractivity contribution in [3.8, 4) is 11.3 Å². The minimum absolute atomic E-state index is 0.541. The Labute approximate surface area is 155 Å². The predicted octanol–water partition coefficient (Wildman–Crippen LogP) is 4.62. The van der Waals surface area contributed by atoms with Crippen molar-refractivity contribution in [2.24, 2.45) is 10.1 Å². The topological polar surface area (TPSA) is 42.5 Å². The Balaban J connectivity index is 2.15. The Bertz CT molecular complexity index is 970. The zero-order valence-corrected chi connectivity index (χ0v) is 15.3. The van der Waals surface area contributed by atoms with Crippen molar-refractivity contribution in [3.05, 3.63) is 82.2 Å². The molecule has 6 heteroatoms. The summed E-state index contributed by atoms with van der Waals surface area (Å²) in [7, 11) is 0. The molecule has 0 fully saturated rings. The number of benzene rings is 1. The van der Waals surface area contributed by atoms with Gasteiger partial charge in [0.25, 0.3) is 0 Å². The standard InChI is InChI=1S/C19H17ClN4S/c1-3-9-22-19-24(23-14(2)15-7-10-21-11-8-15)18(13-25-19)16-5-4-6-17(20)12-16/h3-8,10-13H,1,9H2,2H3/b22-19?,23-14-. The highest BCUT2D eigenvalue weighted by atomic mass is 35.5. The van der Waals surface area contributed by atoms with Crippen molar-refractivity contribution in [2.75, 3.05) is 6.54 Å². The molecule has 0 saturated carbocycles.